The molecule has 2 bridgehead atoms. The van der Waals surface area contributed by atoms with Gasteiger partial charge < -0.3 is 14.4 Å². The molecule has 3 saturated heterocycles. The molecular weight excluding hydrogens is 254 g/mol. The van der Waals surface area contributed by atoms with E-state index in [0.717, 1.165) is 11.5 Å². The van der Waals surface area contributed by atoms with Gasteiger partial charge in [-0.3, -0.25) is 5.43 Å². The summed E-state index contributed by atoms with van der Waals surface area (Å²) < 4.78 is 10.9. The highest BCUT2D eigenvalue weighted by Crippen LogP contribution is 2.37. The number of ether oxygens (including phenoxy) is 2. The molecule has 0 aliphatic carbocycles. The zero-order valence-corrected chi connectivity index (χ0v) is 11.3. The number of hydrogen-bond donors (Lipinski definition) is 2. The summed E-state index contributed by atoms with van der Waals surface area (Å²) in [4.78, 5) is 1.69. The van der Waals surface area contributed by atoms with E-state index in [2.05, 4.69) is 22.7 Å². The Morgan fingerprint density at radius 2 is 2.00 bits per heavy atom. The fraction of sp³-hybridized carbons (Fsp3) is 0.533. The van der Waals surface area contributed by atoms with E-state index in [1.54, 1.807) is 4.90 Å². The maximum atomic E-state index is 5.50. The third kappa shape index (κ3) is 1.38. The summed E-state index contributed by atoms with van der Waals surface area (Å²) in [5.41, 5.74) is 6.04. The maximum Gasteiger partial charge on any atom is 0.231 e. The van der Waals surface area contributed by atoms with Crippen molar-refractivity contribution >= 4 is 5.71 Å². The van der Waals surface area contributed by atoms with E-state index < -0.39 is 0 Å². The van der Waals surface area contributed by atoms with Gasteiger partial charge in [-0.15, -0.1) is 0 Å². The first-order valence-electron chi connectivity index (χ1n) is 7.47. The molecule has 1 aromatic rings. The summed E-state index contributed by atoms with van der Waals surface area (Å²) in [5, 5.41) is 4.67. The predicted molar refractivity (Wildman–Crippen MR) is 73.1 cm³/mol. The molecule has 5 heteroatoms. The second-order valence-corrected chi connectivity index (χ2v) is 6.17. The smallest absolute Gasteiger partial charge is 0.231 e. The normalized spacial score (nSPS) is 36.5. The van der Waals surface area contributed by atoms with Crippen LogP contribution in [0.2, 0.25) is 0 Å². The highest BCUT2D eigenvalue weighted by Gasteiger charge is 2.50. The summed E-state index contributed by atoms with van der Waals surface area (Å²) in [5.74, 6) is 2.43. The van der Waals surface area contributed by atoms with Crippen LogP contribution in [0.25, 0.3) is 0 Å². The molecule has 0 saturated carbocycles. The van der Waals surface area contributed by atoms with Gasteiger partial charge in [0.25, 0.3) is 0 Å². The zero-order valence-electron chi connectivity index (χ0n) is 11.3. The molecule has 2 N–H and O–H groups in total. The van der Waals surface area contributed by atoms with Crippen molar-refractivity contribution in [2.75, 3.05) is 19.9 Å². The van der Waals surface area contributed by atoms with E-state index in [9.17, 15) is 0 Å². The molecular formula is C15H18N3O2+. The number of fused-ring (bicyclic) bond motifs is 3. The van der Waals surface area contributed by atoms with Crippen LogP contribution < -0.4 is 19.8 Å². The van der Waals surface area contributed by atoms with Crippen molar-refractivity contribution in [3.05, 3.63) is 23.8 Å². The Balaban J connectivity index is 1.51. The van der Waals surface area contributed by atoms with Gasteiger partial charge in [0.05, 0.1) is 13.1 Å². The summed E-state index contributed by atoms with van der Waals surface area (Å²) in [6.45, 7) is 2.91. The summed E-state index contributed by atoms with van der Waals surface area (Å²) >= 11 is 0. The Morgan fingerprint density at radius 1 is 1.15 bits per heavy atom. The second-order valence-electron chi connectivity index (χ2n) is 6.17. The van der Waals surface area contributed by atoms with Gasteiger partial charge in [0.2, 0.25) is 6.79 Å². The van der Waals surface area contributed by atoms with Crippen molar-refractivity contribution in [3.63, 3.8) is 0 Å². The molecule has 6 rings (SSSR count). The minimum Gasteiger partial charge on any atom is -0.454 e. The average Bonchev–Trinajstić information content (AvgIpc) is 3.15. The molecule has 5 aliphatic heterocycles. The van der Waals surface area contributed by atoms with Crippen LogP contribution in [0.15, 0.2) is 23.3 Å². The Bertz CT molecular complexity index is 593. The van der Waals surface area contributed by atoms with E-state index in [1.807, 2.05) is 6.07 Å². The molecule has 5 aliphatic rings. The largest absolute Gasteiger partial charge is 0.454 e. The summed E-state index contributed by atoms with van der Waals surface area (Å²) in [6, 6.07) is 7.08. The molecule has 5 nitrogen and oxygen atoms in total. The van der Waals surface area contributed by atoms with Crippen LogP contribution in [-0.4, -0.2) is 31.6 Å². The number of piperidine rings is 3. The van der Waals surface area contributed by atoms with Crippen LogP contribution in [0.3, 0.4) is 0 Å². The molecule has 104 valence electrons. The Morgan fingerprint density at radius 3 is 2.90 bits per heavy atom. The fourth-order valence-corrected chi connectivity index (χ4v) is 4.22. The van der Waals surface area contributed by atoms with Gasteiger partial charge in [0.1, 0.15) is 11.8 Å². The van der Waals surface area contributed by atoms with E-state index in [-0.39, 0.29) is 6.04 Å². The van der Waals surface area contributed by atoms with Crippen molar-refractivity contribution in [2.24, 2.45) is 11.0 Å². The van der Waals surface area contributed by atoms with Crippen LogP contribution in [0.1, 0.15) is 24.4 Å². The number of hydrazone groups is 1. The molecule has 3 fully saturated rings. The molecule has 0 amide bonds. The van der Waals surface area contributed by atoms with Gasteiger partial charge in [0, 0.05) is 18.8 Å². The van der Waals surface area contributed by atoms with Crippen molar-refractivity contribution in [1.29, 1.82) is 0 Å². The van der Waals surface area contributed by atoms with Crippen molar-refractivity contribution in [3.8, 4) is 11.5 Å². The van der Waals surface area contributed by atoms with Crippen LogP contribution in [0.4, 0.5) is 0 Å². The number of quaternary nitrogens is 1. The van der Waals surface area contributed by atoms with Crippen LogP contribution in [0.5, 0.6) is 11.5 Å². The molecule has 5 heterocycles. The monoisotopic (exact) mass is 272 g/mol. The predicted octanol–water partition coefficient (Wildman–Crippen LogP) is 0.0927. The molecule has 2 atom stereocenters. The van der Waals surface area contributed by atoms with Crippen molar-refractivity contribution in [2.45, 2.75) is 24.9 Å². The SMILES string of the molecule is c1cc2c(cc1[C@@H]1NN=C3C4CC[NH+](CC4)[C@H]31)OCO2. The van der Waals surface area contributed by atoms with E-state index in [0.29, 0.717) is 18.8 Å². The number of rotatable bonds is 1. The molecule has 0 spiro atoms. The van der Waals surface area contributed by atoms with Gasteiger partial charge in [-0.1, -0.05) is 6.07 Å². The fourth-order valence-electron chi connectivity index (χ4n) is 4.22. The summed E-state index contributed by atoms with van der Waals surface area (Å²) in [6.07, 6.45) is 2.61. The number of nitrogens with zero attached hydrogens (tertiary/aromatic N) is 1. The van der Waals surface area contributed by atoms with E-state index >= 15 is 0 Å². The van der Waals surface area contributed by atoms with Gasteiger partial charge in [-0.25, -0.2) is 0 Å². The maximum absolute atomic E-state index is 5.50. The lowest BCUT2D eigenvalue weighted by Gasteiger charge is -2.42. The molecule has 0 aromatic heterocycles. The highest BCUT2D eigenvalue weighted by atomic mass is 16.7. The van der Waals surface area contributed by atoms with Gasteiger partial charge >= 0.3 is 0 Å². The van der Waals surface area contributed by atoms with E-state index in [4.69, 9.17) is 9.47 Å². The van der Waals surface area contributed by atoms with Gasteiger partial charge in [0.15, 0.2) is 17.5 Å². The third-order valence-corrected chi connectivity index (χ3v) is 5.23. The molecule has 1 aromatic carbocycles. The summed E-state index contributed by atoms with van der Waals surface area (Å²) in [7, 11) is 0. The number of nitrogens with one attached hydrogen (secondary N) is 2. The molecule has 20 heavy (non-hydrogen) atoms. The van der Waals surface area contributed by atoms with Crippen LogP contribution in [-0.2, 0) is 0 Å². The zero-order chi connectivity index (χ0) is 13.1. The molecule has 0 unspecified atom stereocenters. The molecule has 0 radical (unpaired) electrons. The minimum atomic E-state index is 0.289. The van der Waals surface area contributed by atoms with Gasteiger partial charge in [-0.05, 0) is 17.7 Å². The number of benzene rings is 1. The van der Waals surface area contributed by atoms with Crippen molar-refractivity contribution < 1.29 is 14.4 Å². The highest BCUT2D eigenvalue weighted by molar-refractivity contribution is 5.93. The first-order chi connectivity index (χ1) is 9.90. The lowest BCUT2D eigenvalue weighted by atomic mass is 9.78. The second kappa shape index (κ2) is 3.88. The lowest BCUT2D eigenvalue weighted by molar-refractivity contribution is -0.927. The van der Waals surface area contributed by atoms with Crippen LogP contribution >= 0.6 is 0 Å². The Hall–Kier alpha value is -1.75. The minimum absolute atomic E-state index is 0.289. The average molecular weight is 272 g/mol. The Kier molecular flexibility index (Phi) is 2.13. The lowest BCUT2D eigenvalue weighted by Crippen LogP contribution is -3.20. The number of hydrogen-bond acceptors (Lipinski definition) is 4. The standard InChI is InChI=1S/C15H17N3O2/c1-2-11-12(20-8-19-11)7-10(1)14-15-13(16-17-14)9-3-5-18(15)6-4-9/h1-2,7,9,14-15,17H,3-6,8H2/p+1/t14-,15+/m0/s1. The third-order valence-electron chi connectivity index (χ3n) is 5.23. The Labute approximate surface area is 117 Å². The van der Waals surface area contributed by atoms with Crippen molar-refractivity contribution in [1.82, 2.24) is 5.43 Å². The topological polar surface area (TPSA) is 47.3 Å². The van der Waals surface area contributed by atoms with E-state index in [1.165, 1.54) is 37.2 Å². The van der Waals surface area contributed by atoms with Gasteiger partial charge in [-0.2, -0.15) is 5.10 Å². The van der Waals surface area contributed by atoms with Crippen LogP contribution in [0, 0.1) is 5.92 Å². The first kappa shape index (κ1) is 11.0. The quantitative estimate of drug-likeness (QED) is 0.762. The first-order valence-corrected chi connectivity index (χ1v) is 7.47.